The summed E-state index contributed by atoms with van der Waals surface area (Å²) in [4.78, 5) is 11.1. The molecule has 1 atom stereocenters. The standard InChI is InChI=1S/C16H14O5/c1-19-12-8-6-10-11(15(12)20-2)5-3-9-4-7-13(16(17)18)21-14(9)10/h3-8,13H,1-2H3,(H,17,18). The van der Waals surface area contributed by atoms with Gasteiger partial charge in [-0.15, -0.1) is 0 Å². The third-order valence-electron chi connectivity index (χ3n) is 3.46. The highest BCUT2D eigenvalue weighted by molar-refractivity contribution is 5.98. The molecular formula is C16H14O5. The molecule has 5 nitrogen and oxygen atoms in total. The van der Waals surface area contributed by atoms with E-state index in [-0.39, 0.29) is 0 Å². The van der Waals surface area contributed by atoms with Crippen LogP contribution in [0.3, 0.4) is 0 Å². The third kappa shape index (κ3) is 2.07. The fourth-order valence-corrected chi connectivity index (χ4v) is 2.47. The molecular weight excluding hydrogens is 272 g/mol. The fraction of sp³-hybridized carbons (Fsp3) is 0.188. The van der Waals surface area contributed by atoms with Crippen molar-refractivity contribution in [3.63, 3.8) is 0 Å². The molecule has 1 heterocycles. The Labute approximate surface area is 121 Å². The van der Waals surface area contributed by atoms with E-state index in [0.717, 1.165) is 16.3 Å². The van der Waals surface area contributed by atoms with Crippen LogP contribution < -0.4 is 14.2 Å². The highest BCUT2D eigenvalue weighted by atomic mass is 16.5. The van der Waals surface area contributed by atoms with E-state index in [9.17, 15) is 4.79 Å². The zero-order valence-electron chi connectivity index (χ0n) is 11.6. The maximum absolute atomic E-state index is 11.1. The van der Waals surface area contributed by atoms with Crippen LogP contribution in [0, 0.1) is 0 Å². The van der Waals surface area contributed by atoms with Crippen molar-refractivity contribution >= 4 is 22.8 Å². The van der Waals surface area contributed by atoms with Gasteiger partial charge in [-0.25, -0.2) is 4.79 Å². The summed E-state index contributed by atoms with van der Waals surface area (Å²) >= 11 is 0. The number of methoxy groups -OCH3 is 2. The number of fused-ring (bicyclic) bond motifs is 3. The Balaban J connectivity index is 2.23. The van der Waals surface area contributed by atoms with Crippen LogP contribution in [0.5, 0.6) is 17.2 Å². The molecule has 0 aromatic heterocycles. The van der Waals surface area contributed by atoms with Crippen LogP contribution in [-0.4, -0.2) is 31.4 Å². The summed E-state index contributed by atoms with van der Waals surface area (Å²) in [5.74, 6) is 0.742. The molecule has 21 heavy (non-hydrogen) atoms. The average Bonchev–Trinajstić information content (AvgIpc) is 2.52. The molecule has 5 heteroatoms. The van der Waals surface area contributed by atoms with Gasteiger partial charge in [0.05, 0.1) is 14.2 Å². The first-order chi connectivity index (χ1) is 10.2. The maximum atomic E-state index is 11.1. The minimum atomic E-state index is -1.02. The van der Waals surface area contributed by atoms with Gasteiger partial charge >= 0.3 is 5.97 Å². The largest absolute Gasteiger partial charge is 0.493 e. The number of ether oxygens (including phenoxy) is 3. The van der Waals surface area contributed by atoms with E-state index in [4.69, 9.17) is 19.3 Å². The molecule has 0 aliphatic carbocycles. The summed E-state index contributed by atoms with van der Waals surface area (Å²) in [6, 6.07) is 7.39. The summed E-state index contributed by atoms with van der Waals surface area (Å²) in [6.07, 6.45) is 2.31. The van der Waals surface area contributed by atoms with Crippen LogP contribution in [0.2, 0.25) is 0 Å². The molecule has 0 spiro atoms. The normalized spacial score (nSPS) is 16.2. The average molecular weight is 286 g/mol. The molecule has 108 valence electrons. The van der Waals surface area contributed by atoms with Crippen molar-refractivity contribution in [1.82, 2.24) is 0 Å². The van der Waals surface area contributed by atoms with Gasteiger partial charge in [-0.1, -0.05) is 12.1 Å². The molecule has 1 unspecified atom stereocenters. The first-order valence-corrected chi connectivity index (χ1v) is 6.41. The molecule has 3 rings (SSSR count). The number of carbonyl (C=O) groups is 1. The molecule has 1 aliphatic rings. The lowest BCUT2D eigenvalue weighted by molar-refractivity contribution is -0.142. The second kappa shape index (κ2) is 5.01. The van der Waals surface area contributed by atoms with Gasteiger partial charge in [-0.3, -0.25) is 0 Å². The number of hydrogen-bond donors (Lipinski definition) is 1. The molecule has 0 radical (unpaired) electrons. The lowest BCUT2D eigenvalue weighted by Crippen LogP contribution is -2.26. The Morgan fingerprint density at radius 3 is 2.57 bits per heavy atom. The predicted molar refractivity (Wildman–Crippen MR) is 78.1 cm³/mol. The van der Waals surface area contributed by atoms with Crippen LogP contribution in [-0.2, 0) is 4.79 Å². The number of aliphatic carboxylic acids is 1. The van der Waals surface area contributed by atoms with Gasteiger partial charge in [-0.05, 0) is 24.3 Å². The number of benzene rings is 2. The molecule has 0 saturated carbocycles. The summed E-state index contributed by atoms with van der Waals surface area (Å²) in [5, 5.41) is 10.7. The molecule has 0 saturated heterocycles. The molecule has 0 bridgehead atoms. The zero-order valence-corrected chi connectivity index (χ0v) is 11.6. The molecule has 2 aromatic carbocycles. The van der Waals surface area contributed by atoms with Crippen LogP contribution in [0.15, 0.2) is 30.3 Å². The number of rotatable bonds is 3. The van der Waals surface area contributed by atoms with Gasteiger partial charge in [0, 0.05) is 16.3 Å². The van der Waals surface area contributed by atoms with E-state index < -0.39 is 12.1 Å². The van der Waals surface area contributed by atoms with E-state index in [2.05, 4.69) is 0 Å². The van der Waals surface area contributed by atoms with Crippen molar-refractivity contribution in [3.05, 3.63) is 35.9 Å². The number of carboxylic acids is 1. The smallest absolute Gasteiger partial charge is 0.349 e. The van der Waals surface area contributed by atoms with Crippen molar-refractivity contribution in [1.29, 1.82) is 0 Å². The van der Waals surface area contributed by atoms with Gasteiger partial charge in [0.2, 0.25) is 6.10 Å². The second-order valence-electron chi connectivity index (χ2n) is 4.62. The van der Waals surface area contributed by atoms with Crippen LogP contribution in [0.1, 0.15) is 5.56 Å². The molecule has 2 aromatic rings. The van der Waals surface area contributed by atoms with Crippen LogP contribution >= 0.6 is 0 Å². The Hall–Kier alpha value is -2.69. The van der Waals surface area contributed by atoms with Crippen LogP contribution in [0.4, 0.5) is 0 Å². The van der Waals surface area contributed by atoms with Gasteiger partial charge in [0.15, 0.2) is 11.5 Å². The third-order valence-corrected chi connectivity index (χ3v) is 3.46. The molecule has 1 N–H and O–H groups in total. The van der Waals surface area contributed by atoms with Crippen molar-refractivity contribution in [2.45, 2.75) is 6.10 Å². The molecule has 0 fully saturated rings. The van der Waals surface area contributed by atoms with Crippen molar-refractivity contribution in [2.75, 3.05) is 14.2 Å². The topological polar surface area (TPSA) is 65.0 Å². The highest BCUT2D eigenvalue weighted by Crippen LogP contribution is 2.42. The first kappa shape index (κ1) is 13.3. The Morgan fingerprint density at radius 2 is 1.90 bits per heavy atom. The Bertz CT molecular complexity index is 748. The number of hydrogen-bond acceptors (Lipinski definition) is 4. The monoisotopic (exact) mass is 286 g/mol. The lowest BCUT2D eigenvalue weighted by Gasteiger charge is -2.21. The first-order valence-electron chi connectivity index (χ1n) is 6.41. The summed E-state index contributed by atoms with van der Waals surface area (Å²) in [5.41, 5.74) is 0.840. The zero-order chi connectivity index (χ0) is 15.0. The van der Waals surface area contributed by atoms with Gasteiger partial charge in [-0.2, -0.15) is 0 Å². The predicted octanol–water partition coefficient (Wildman–Crippen LogP) is 2.72. The van der Waals surface area contributed by atoms with E-state index in [1.165, 1.54) is 6.08 Å². The SMILES string of the molecule is COc1ccc2c3c(ccc2c1OC)C=CC(C(=O)O)O3. The Morgan fingerprint density at radius 1 is 1.14 bits per heavy atom. The van der Waals surface area contributed by atoms with E-state index in [1.807, 2.05) is 18.2 Å². The Kier molecular flexibility index (Phi) is 3.17. The van der Waals surface area contributed by atoms with Gasteiger partial charge < -0.3 is 19.3 Å². The molecule has 0 amide bonds. The highest BCUT2D eigenvalue weighted by Gasteiger charge is 2.23. The van der Waals surface area contributed by atoms with Crippen molar-refractivity contribution < 1.29 is 24.1 Å². The van der Waals surface area contributed by atoms with Crippen molar-refractivity contribution in [3.8, 4) is 17.2 Å². The van der Waals surface area contributed by atoms with E-state index in [0.29, 0.717) is 17.2 Å². The quantitative estimate of drug-likeness (QED) is 0.939. The van der Waals surface area contributed by atoms with E-state index >= 15 is 0 Å². The summed E-state index contributed by atoms with van der Waals surface area (Å²) < 4.78 is 16.3. The maximum Gasteiger partial charge on any atom is 0.349 e. The van der Waals surface area contributed by atoms with Gasteiger partial charge in [0.1, 0.15) is 5.75 Å². The molecule has 1 aliphatic heterocycles. The van der Waals surface area contributed by atoms with Crippen molar-refractivity contribution in [2.24, 2.45) is 0 Å². The summed E-state index contributed by atoms with van der Waals surface area (Å²) in [7, 11) is 3.14. The fourth-order valence-electron chi connectivity index (χ4n) is 2.47. The minimum absolute atomic E-state index is 0.545. The van der Waals surface area contributed by atoms with Crippen LogP contribution in [0.25, 0.3) is 16.8 Å². The minimum Gasteiger partial charge on any atom is -0.493 e. The lowest BCUT2D eigenvalue weighted by atomic mass is 10.0. The van der Waals surface area contributed by atoms with Gasteiger partial charge in [0.25, 0.3) is 0 Å². The van der Waals surface area contributed by atoms with E-state index in [1.54, 1.807) is 26.4 Å². The second-order valence-corrected chi connectivity index (χ2v) is 4.62. The summed E-state index contributed by atoms with van der Waals surface area (Å²) in [6.45, 7) is 0. The number of carboxylic acid groups (broad SMARTS) is 1.